The lowest BCUT2D eigenvalue weighted by Crippen LogP contribution is -2.58. The Morgan fingerprint density at radius 3 is 2.31 bits per heavy atom. The maximum absolute atomic E-state index is 14.7. The zero-order chi connectivity index (χ0) is 20.8. The molecule has 3 rings (SSSR count). The molecule has 1 fully saturated rings. The molecule has 2 aromatic rings. The van der Waals surface area contributed by atoms with Gasteiger partial charge in [0, 0.05) is 7.11 Å². The highest BCUT2D eigenvalue weighted by molar-refractivity contribution is 5.89. The van der Waals surface area contributed by atoms with Crippen LogP contribution in [0, 0.1) is 0 Å². The van der Waals surface area contributed by atoms with E-state index in [1.165, 1.54) is 7.11 Å². The number of hydrogen-bond acceptors (Lipinski definition) is 6. The number of benzene rings is 2. The van der Waals surface area contributed by atoms with Gasteiger partial charge in [-0.15, -0.1) is 0 Å². The van der Waals surface area contributed by atoms with Crippen LogP contribution >= 0.6 is 0 Å². The average molecular weight is 404 g/mol. The smallest absolute Gasteiger partial charge is 0.338 e. The van der Waals surface area contributed by atoms with Crippen LogP contribution in [-0.4, -0.2) is 51.0 Å². The summed E-state index contributed by atoms with van der Waals surface area (Å²) in [7, 11) is 3.04. The molecule has 7 heteroatoms. The topological polar surface area (TPSA) is 63.2 Å². The van der Waals surface area contributed by atoms with Gasteiger partial charge in [-0.1, -0.05) is 30.3 Å². The normalized spacial score (nSPS) is 26.7. The van der Waals surface area contributed by atoms with Crippen molar-refractivity contribution in [2.24, 2.45) is 0 Å². The molecule has 6 nitrogen and oxygen atoms in total. The Morgan fingerprint density at radius 1 is 1.00 bits per heavy atom. The highest BCUT2D eigenvalue weighted by atomic mass is 19.1. The van der Waals surface area contributed by atoms with Crippen LogP contribution in [0.2, 0.25) is 0 Å². The van der Waals surface area contributed by atoms with E-state index in [0.29, 0.717) is 11.3 Å². The minimum atomic E-state index is -1.76. The SMILES string of the molecule is COc1ccc(CO[C@H]2[C@H](OC(=O)c3ccccc3)[C@H](OC)[C@@H](C)O[C@H]2F)cc1. The third-order valence-electron chi connectivity index (χ3n) is 4.84. The van der Waals surface area contributed by atoms with Gasteiger partial charge in [0.1, 0.15) is 11.9 Å². The van der Waals surface area contributed by atoms with Gasteiger partial charge >= 0.3 is 5.97 Å². The number of carbonyl (C=O) groups is 1. The second kappa shape index (κ2) is 9.82. The number of carbonyl (C=O) groups excluding carboxylic acids is 1. The van der Waals surface area contributed by atoms with Crippen LogP contribution in [0.4, 0.5) is 4.39 Å². The number of hydrogen-bond donors (Lipinski definition) is 0. The van der Waals surface area contributed by atoms with Gasteiger partial charge in [0.25, 0.3) is 0 Å². The third kappa shape index (κ3) is 5.12. The third-order valence-corrected chi connectivity index (χ3v) is 4.84. The van der Waals surface area contributed by atoms with Crippen molar-refractivity contribution >= 4 is 5.97 Å². The maximum Gasteiger partial charge on any atom is 0.338 e. The Balaban J connectivity index is 1.75. The van der Waals surface area contributed by atoms with E-state index in [9.17, 15) is 9.18 Å². The van der Waals surface area contributed by atoms with Crippen LogP contribution < -0.4 is 4.74 Å². The Hall–Kier alpha value is -2.48. The molecule has 0 amide bonds. The Kier molecular flexibility index (Phi) is 7.19. The van der Waals surface area contributed by atoms with Crippen molar-refractivity contribution < 1.29 is 32.9 Å². The molecule has 1 heterocycles. The molecule has 0 radical (unpaired) electrons. The molecule has 0 saturated carbocycles. The Bertz CT molecular complexity index is 782. The molecule has 156 valence electrons. The summed E-state index contributed by atoms with van der Waals surface area (Å²) in [5, 5.41) is 0. The van der Waals surface area contributed by atoms with E-state index in [4.69, 9.17) is 23.7 Å². The molecule has 2 aromatic carbocycles. The van der Waals surface area contributed by atoms with Crippen LogP contribution in [-0.2, 0) is 25.6 Å². The summed E-state index contributed by atoms with van der Waals surface area (Å²) in [4.78, 5) is 12.6. The van der Waals surface area contributed by atoms with Gasteiger partial charge in [0.2, 0.25) is 6.36 Å². The fourth-order valence-electron chi connectivity index (χ4n) is 3.27. The van der Waals surface area contributed by atoms with Crippen LogP contribution in [0.15, 0.2) is 54.6 Å². The first-order valence-electron chi connectivity index (χ1n) is 9.36. The molecular formula is C22H25FO6. The van der Waals surface area contributed by atoms with Crippen molar-refractivity contribution in [3.05, 3.63) is 65.7 Å². The number of halogens is 1. The van der Waals surface area contributed by atoms with E-state index in [2.05, 4.69) is 0 Å². The number of esters is 1. The molecular weight excluding hydrogens is 379 g/mol. The standard InChI is InChI=1S/C22H25FO6/c1-14-18(26-3)19(29-22(24)16-7-5-4-6-8-16)20(21(23)28-14)27-13-15-9-11-17(25-2)12-10-15/h4-12,14,18-21H,13H2,1-3H3/t14-,18-,19-,20+,21-/m1/s1. The zero-order valence-corrected chi connectivity index (χ0v) is 16.6. The summed E-state index contributed by atoms with van der Waals surface area (Å²) >= 11 is 0. The summed E-state index contributed by atoms with van der Waals surface area (Å²) in [5.74, 6) is 0.137. The molecule has 0 N–H and O–H groups in total. The molecule has 29 heavy (non-hydrogen) atoms. The number of rotatable bonds is 7. The summed E-state index contributed by atoms with van der Waals surface area (Å²) in [6, 6.07) is 15.7. The van der Waals surface area contributed by atoms with Crippen LogP contribution in [0.5, 0.6) is 5.75 Å². The highest BCUT2D eigenvalue weighted by Gasteiger charge is 2.48. The molecule has 0 spiro atoms. The van der Waals surface area contributed by atoms with Gasteiger partial charge in [-0.05, 0) is 36.8 Å². The molecule has 0 aromatic heterocycles. The molecule has 0 bridgehead atoms. The summed E-state index contributed by atoms with van der Waals surface area (Å²) < 4.78 is 42.0. The fraction of sp³-hybridized carbons (Fsp3) is 0.409. The van der Waals surface area contributed by atoms with Crippen LogP contribution in [0.25, 0.3) is 0 Å². The minimum Gasteiger partial charge on any atom is -0.497 e. The van der Waals surface area contributed by atoms with Gasteiger partial charge in [0.15, 0.2) is 12.2 Å². The van der Waals surface area contributed by atoms with Gasteiger partial charge in [0.05, 0.1) is 25.4 Å². The molecule has 5 atom stereocenters. The van der Waals surface area contributed by atoms with Crippen molar-refractivity contribution in [3.8, 4) is 5.75 Å². The van der Waals surface area contributed by atoms with E-state index in [0.717, 1.165) is 5.56 Å². The van der Waals surface area contributed by atoms with E-state index < -0.39 is 36.7 Å². The first-order valence-corrected chi connectivity index (χ1v) is 9.36. The Labute approximate surface area is 169 Å². The lowest BCUT2D eigenvalue weighted by molar-refractivity contribution is -0.270. The zero-order valence-electron chi connectivity index (χ0n) is 16.6. The summed E-state index contributed by atoms with van der Waals surface area (Å²) in [5.41, 5.74) is 1.18. The van der Waals surface area contributed by atoms with Crippen molar-refractivity contribution in [1.82, 2.24) is 0 Å². The van der Waals surface area contributed by atoms with E-state index in [-0.39, 0.29) is 6.61 Å². The van der Waals surface area contributed by atoms with Crippen molar-refractivity contribution in [2.45, 2.75) is 44.3 Å². The first-order chi connectivity index (χ1) is 14.0. The van der Waals surface area contributed by atoms with Gasteiger partial charge in [-0.3, -0.25) is 0 Å². The predicted octanol–water partition coefficient (Wildman–Crippen LogP) is 3.54. The number of methoxy groups -OCH3 is 2. The largest absolute Gasteiger partial charge is 0.497 e. The minimum absolute atomic E-state index is 0.114. The second-order valence-corrected chi connectivity index (χ2v) is 6.75. The van der Waals surface area contributed by atoms with E-state index in [1.54, 1.807) is 56.5 Å². The molecule has 0 aliphatic carbocycles. The van der Waals surface area contributed by atoms with E-state index in [1.807, 2.05) is 12.1 Å². The molecule has 1 saturated heterocycles. The van der Waals surface area contributed by atoms with Gasteiger partial charge in [-0.2, -0.15) is 0 Å². The summed E-state index contributed by atoms with van der Waals surface area (Å²) in [6.07, 6.45) is -5.14. The van der Waals surface area contributed by atoms with Gasteiger partial charge in [-0.25, -0.2) is 9.18 Å². The quantitative estimate of drug-likeness (QED) is 0.658. The first kappa shape index (κ1) is 21.2. The maximum atomic E-state index is 14.7. The van der Waals surface area contributed by atoms with E-state index >= 15 is 0 Å². The predicted molar refractivity (Wildman–Crippen MR) is 103 cm³/mol. The lowest BCUT2D eigenvalue weighted by atomic mass is 9.99. The monoisotopic (exact) mass is 404 g/mol. The summed E-state index contributed by atoms with van der Waals surface area (Å²) in [6.45, 7) is 1.78. The average Bonchev–Trinajstić information content (AvgIpc) is 2.74. The number of ether oxygens (including phenoxy) is 5. The van der Waals surface area contributed by atoms with Gasteiger partial charge < -0.3 is 23.7 Å². The Morgan fingerprint density at radius 2 is 1.69 bits per heavy atom. The second-order valence-electron chi connectivity index (χ2n) is 6.75. The van der Waals surface area contributed by atoms with Crippen molar-refractivity contribution in [2.75, 3.05) is 14.2 Å². The van der Waals surface area contributed by atoms with Crippen molar-refractivity contribution in [3.63, 3.8) is 0 Å². The molecule has 1 aliphatic heterocycles. The van der Waals surface area contributed by atoms with Crippen LogP contribution in [0.1, 0.15) is 22.8 Å². The lowest BCUT2D eigenvalue weighted by Gasteiger charge is -2.41. The van der Waals surface area contributed by atoms with Crippen molar-refractivity contribution in [1.29, 1.82) is 0 Å². The molecule has 0 unspecified atom stereocenters. The fourth-order valence-corrected chi connectivity index (χ4v) is 3.27. The molecule has 1 aliphatic rings. The highest BCUT2D eigenvalue weighted by Crippen LogP contribution is 2.30. The van der Waals surface area contributed by atoms with Crippen LogP contribution in [0.3, 0.4) is 0 Å². The number of alkyl halides is 1.